The van der Waals surface area contributed by atoms with Crippen molar-refractivity contribution in [3.05, 3.63) is 29.8 Å². The molecule has 2 amide bonds. The molecule has 1 saturated heterocycles. The lowest BCUT2D eigenvalue weighted by Crippen LogP contribution is -2.49. The molecule has 0 radical (unpaired) electrons. The zero-order valence-electron chi connectivity index (χ0n) is 13.5. The predicted octanol–water partition coefficient (Wildman–Crippen LogP) is 3.66. The van der Waals surface area contributed by atoms with Gasteiger partial charge in [0.2, 0.25) is 0 Å². The number of carbonyl (C=O) groups excluding carboxylic acids is 2. The van der Waals surface area contributed by atoms with Gasteiger partial charge in [-0.3, -0.25) is 0 Å². The molecule has 22 heavy (non-hydrogen) atoms. The van der Waals surface area contributed by atoms with Gasteiger partial charge < -0.3 is 15.0 Å². The Morgan fingerprint density at radius 3 is 2.32 bits per heavy atom. The molecule has 1 N–H and O–H groups in total. The van der Waals surface area contributed by atoms with Crippen molar-refractivity contribution in [3.8, 4) is 0 Å². The lowest BCUT2D eigenvalue weighted by molar-refractivity contribution is 0.0526. The first-order valence-corrected chi connectivity index (χ1v) is 7.89. The van der Waals surface area contributed by atoms with Gasteiger partial charge >= 0.3 is 12.0 Å². The minimum absolute atomic E-state index is 0.0800. The number of hydrogen-bond acceptors (Lipinski definition) is 3. The van der Waals surface area contributed by atoms with Crippen LogP contribution in [0.5, 0.6) is 0 Å². The molecule has 1 heterocycles. The van der Waals surface area contributed by atoms with E-state index in [1.807, 2.05) is 4.90 Å². The maximum Gasteiger partial charge on any atom is 0.338 e. The van der Waals surface area contributed by atoms with Gasteiger partial charge in [0.05, 0.1) is 12.2 Å². The Bertz CT molecular complexity index is 517. The van der Waals surface area contributed by atoms with E-state index in [0.717, 1.165) is 12.8 Å². The highest BCUT2D eigenvalue weighted by Gasteiger charge is 2.28. The molecule has 0 spiro atoms. The molecule has 0 aliphatic carbocycles. The van der Waals surface area contributed by atoms with Crippen molar-refractivity contribution < 1.29 is 14.3 Å². The Kier molecular flexibility index (Phi) is 5.41. The lowest BCUT2D eigenvalue weighted by atomic mass is 9.98. The Hall–Kier alpha value is -2.04. The Morgan fingerprint density at radius 1 is 1.18 bits per heavy atom. The summed E-state index contributed by atoms with van der Waals surface area (Å²) in [4.78, 5) is 25.9. The molecule has 1 aromatic carbocycles. The molecule has 0 unspecified atom stereocenters. The fourth-order valence-corrected chi connectivity index (χ4v) is 2.91. The van der Waals surface area contributed by atoms with E-state index in [9.17, 15) is 9.59 Å². The monoisotopic (exact) mass is 304 g/mol. The number of piperidine rings is 1. The quantitative estimate of drug-likeness (QED) is 0.867. The summed E-state index contributed by atoms with van der Waals surface area (Å²) in [7, 11) is 0. The second-order valence-electron chi connectivity index (χ2n) is 5.76. The summed E-state index contributed by atoms with van der Waals surface area (Å²) >= 11 is 0. The Balaban J connectivity index is 2.01. The van der Waals surface area contributed by atoms with Gasteiger partial charge in [-0.2, -0.15) is 0 Å². The number of rotatable bonds is 3. The van der Waals surface area contributed by atoms with Crippen molar-refractivity contribution in [1.29, 1.82) is 0 Å². The fraction of sp³-hybridized carbons (Fsp3) is 0.529. The number of amides is 2. The van der Waals surface area contributed by atoms with E-state index >= 15 is 0 Å². The maximum atomic E-state index is 12.4. The number of ether oxygens (including phenoxy) is 1. The van der Waals surface area contributed by atoms with Crippen LogP contribution < -0.4 is 5.32 Å². The highest BCUT2D eigenvalue weighted by molar-refractivity contribution is 5.92. The highest BCUT2D eigenvalue weighted by Crippen LogP contribution is 2.23. The van der Waals surface area contributed by atoms with E-state index in [0.29, 0.717) is 17.9 Å². The minimum atomic E-state index is -0.348. The normalized spacial score (nSPS) is 21.3. The number of anilines is 1. The van der Waals surface area contributed by atoms with Crippen LogP contribution in [0.25, 0.3) is 0 Å². The summed E-state index contributed by atoms with van der Waals surface area (Å²) in [6.07, 6.45) is 3.25. The molecular formula is C17H24N2O3. The number of carbonyl (C=O) groups is 2. The zero-order valence-corrected chi connectivity index (χ0v) is 13.5. The summed E-state index contributed by atoms with van der Waals surface area (Å²) in [5.74, 6) is -0.348. The number of urea groups is 1. The number of likely N-dealkylation sites (tertiary alicyclic amines) is 1. The van der Waals surface area contributed by atoms with Crippen LogP contribution in [-0.4, -0.2) is 35.6 Å². The smallest absolute Gasteiger partial charge is 0.338 e. The van der Waals surface area contributed by atoms with Crippen LogP contribution in [-0.2, 0) is 4.74 Å². The summed E-state index contributed by atoms with van der Waals surface area (Å²) in [6.45, 7) is 6.29. The molecule has 1 fully saturated rings. The number of nitrogens with one attached hydrogen (secondary N) is 1. The summed E-state index contributed by atoms with van der Waals surface area (Å²) in [5.41, 5.74) is 1.17. The predicted molar refractivity (Wildman–Crippen MR) is 86.0 cm³/mol. The standard InChI is InChI=1S/C17H24N2O3/c1-4-22-16(20)14-8-10-15(11-9-14)18-17(21)19-12(2)6-5-7-13(19)3/h8-13H,4-7H2,1-3H3,(H,18,21)/t12-,13-/m1/s1. The molecule has 0 bridgehead atoms. The van der Waals surface area contributed by atoms with Crippen molar-refractivity contribution in [2.75, 3.05) is 11.9 Å². The Morgan fingerprint density at radius 2 is 1.77 bits per heavy atom. The molecule has 1 aliphatic heterocycles. The first-order chi connectivity index (χ1) is 10.5. The molecule has 1 aliphatic rings. The first kappa shape index (κ1) is 16.3. The molecule has 0 aromatic heterocycles. The SMILES string of the molecule is CCOC(=O)c1ccc(NC(=O)N2[C@H](C)CCC[C@H]2C)cc1. The minimum Gasteiger partial charge on any atom is -0.462 e. The second-order valence-corrected chi connectivity index (χ2v) is 5.76. The molecule has 5 nitrogen and oxygen atoms in total. The van der Waals surface area contributed by atoms with E-state index in [4.69, 9.17) is 4.74 Å². The van der Waals surface area contributed by atoms with E-state index in [-0.39, 0.29) is 24.1 Å². The van der Waals surface area contributed by atoms with E-state index in [1.165, 1.54) is 6.42 Å². The average Bonchev–Trinajstić information content (AvgIpc) is 2.48. The van der Waals surface area contributed by atoms with Gasteiger partial charge in [0, 0.05) is 17.8 Å². The van der Waals surface area contributed by atoms with Gasteiger partial charge in [-0.05, 0) is 64.3 Å². The van der Waals surface area contributed by atoms with Crippen molar-refractivity contribution in [2.24, 2.45) is 0 Å². The third-order valence-electron chi connectivity index (χ3n) is 4.08. The summed E-state index contributed by atoms with van der Waals surface area (Å²) in [5, 5.41) is 2.91. The molecule has 1 aromatic rings. The van der Waals surface area contributed by atoms with Gasteiger partial charge in [0.1, 0.15) is 0 Å². The van der Waals surface area contributed by atoms with Crippen LogP contribution in [0.4, 0.5) is 10.5 Å². The third kappa shape index (κ3) is 3.78. The largest absolute Gasteiger partial charge is 0.462 e. The van der Waals surface area contributed by atoms with Crippen LogP contribution in [0, 0.1) is 0 Å². The van der Waals surface area contributed by atoms with Crippen molar-refractivity contribution in [2.45, 2.75) is 52.1 Å². The van der Waals surface area contributed by atoms with Gasteiger partial charge in [0.15, 0.2) is 0 Å². The lowest BCUT2D eigenvalue weighted by Gasteiger charge is -2.38. The third-order valence-corrected chi connectivity index (χ3v) is 4.08. The van der Waals surface area contributed by atoms with Crippen LogP contribution in [0.3, 0.4) is 0 Å². The van der Waals surface area contributed by atoms with Crippen LogP contribution in [0.1, 0.15) is 50.4 Å². The number of esters is 1. The molecule has 5 heteroatoms. The van der Waals surface area contributed by atoms with E-state index < -0.39 is 0 Å². The number of benzene rings is 1. The van der Waals surface area contributed by atoms with Crippen molar-refractivity contribution in [1.82, 2.24) is 4.90 Å². The van der Waals surface area contributed by atoms with Gasteiger partial charge in [0.25, 0.3) is 0 Å². The fourth-order valence-electron chi connectivity index (χ4n) is 2.91. The molecule has 2 rings (SSSR count). The summed E-state index contributed by atoms with van der Waals surface area (Å²) in [6, 6.07) is 7.20. The van der Waals surface area contributed by atoms with E-state index in [2.05, 4.69) is 19.2 Å². The van der Waals surface area contributed by atoms with Crippen LogP contribution >= 0.6 is 0 Å². The van der Waals surface area contributed by atoms with Crippen molar-refractivity contribution in [3.63, 3.8) is 0 Å². The van der Waals surface area contributed by atoms with E-state index in [1.54, 1.807) is 31.2 Å². The number of nitrogens with zero attached hydrogens (tertiary/aromatic N) is 1. The summed E-state index contributed by atoms with van der Waals surface area (Å²) < 4.78 is 4.94. The van der Waals surface area contributed by atoms with Gasteiger partial charge in [-0.25, -0.2) is 9.59 Å². The molecular weight excluding hydrogens is 280 g/mol. The molecule has 0 saturated carbocycles. The van der Waals surface area contributed by atoms with Gasteiger partial charge in [-0.15, -0.1) is 0 Å². The van der Waals surface area contributed by atoms with Gasteiger partial charge in [-0.1, -0.05) is 0 Å². The first-order valence-electron chi connectivity index (χ1n) is 7.89. The van der Waals surface area contributed by atoms with Crippen LogP contribution in [0.15, 0.2) is 24.3 Å². The Labute approximate surface area is 131 Å². The zero-order chi connectivity index (χ0) is 16.1. The second kappa shape index (κ2) is 7.29. The average molecular weight is 304 g/mol. The molecule has 120 valence electrons. The molecule has 2 atom stereocenters. The van der Waals surface area contributed by atoms with Crippen LogP contribution in [0.2, 0.25) is 0 Å². The van der Waals surface area contributed by atoms with Crippen molar-refractivity contribution >= 4 is 17.7 Å². The highest BCUT2D eigenvalue weighted by atomic mass is 16.5. The topological polar surface area (TPSA) is 58.6 Å². The number of hydrogen-bond donors (Lipinski definition) is 1. The maximum absolute atomic E-state index is 12.4.